The van der Waals surface area contributed by atoms with Crippen LogP contribution in [0.15, 0.2) is 42.7 Å². The van der Waals surface area contributed by atoms with Gasteiger partial charge in [-0.2, -0.15) is 0 Å². The van der Waals surface area contributed by atoms with Crippen LogP contribution in [0.5, 0.6) is 0 Å². The van der Waals surface area contributed by atoms with Crippen LogP contribution in [0, 0.1) is 0 Å². The van der Waals surface area contributed by atoms with Gasteiger partial charge in [0.25, 0.3) is 0 Å². The van der Waals surface area contributed by atoms with E-state index in [-0.39, 0.29) is 30.7 Å². The zero-order chi connectivity index (χ0) is 17.9. The molecule has 0 atom stereocenters. The molecule has 148 valence electrons. The summed E-state index contributed by atoms with van der Waals surface area (Å²) in [5.41, 5.74) is 1.59. The molecule has 0 unspecified atom stereocenters. The molecule has 3 aromatic heterocycles. The van der Waals surface area contributed by atoms with E-state index in [1.54, 1.807) is 17.3 Å². The molecule has 28 heavy (non-hydrogen) atoms. The Labute approximate surface area is 184 Å². The molecule has 0 spiro atoms. The number of pyridine rings is 2. The molecule has 0 aliphatic carbocycles. The van der Waals surface area contributed by atoms with Gasteiger partial charge in [-0.25, -0.2) is 15.0 Å². The Morgan fingerprint density at radius 1 is 1.04 bits per heavy atom. The zero-order valence-electron chi connectivity index (χ0n) is 14.7. The van der Waals surface area contributed by atoms with Crippen molar-refractivity contribution < 1.29 is 4.79 Å². The first-order chi connectivity index (χ1) is 12.7. The van der Waals surface area contributed by atoms with E-state index >= 15 is 0 Å². The van der Waals surface area contributed by atoms with Gasteiger partial charge < -0.3 is 10.2 Å². The summed E-state index contributed by atoms with van der Waals surface area (Å²) in [7, 11) is 0. The van der Waals surface area contributed by atoms with E-state index in [2.05, 4.69) is 20.3 Å². The van der Waals surface area contributed by atoms with Gasteiger partial charge in [-0.05, 0) is 37.1 Å². The minimum Gasteiger partial charge on any atom is -0.325 e. The largest absolute Gasteiger partial charge is 0.325 e. The van der Waals surface area contributed by atoms with Gasteiger partial charge in [0.1, 0.15) is 26.7 Å². The lowest BCUT2D eigenvalue weighted by Gasteiger charge is -2.26. The average molecular weight is 459 g/mol. The van der Waals surface area contributed by atoms with Gasteiger partial charge in [-0.3, -0.25) is 4.79 Å². The highest BCUT2D eigenvalue weighted by Gasteiger charge is 2.19. The molecular weight excluding hydrogens is 441 g/mol. The van der Waals surface area contributed by atoms with Crippen LogP contribution in [0.3, 0.4) is 0 Å². The van der Waals surface area contributed by atoms with Crippen molar-refractivity contribution in [3.05, 3.63) is 47.1 Å². The van der Waals surface area contributed by atoms with Crippen LogP contribution in [-0.4, -0.2) is 27.4 Å². The summed E-state index contributed by atoms with van der Waals surface area (Å²) in [5.74, 6) is 1.50. The molecule has 0 bridgehead atoms. The summed E-state index contributed by atoms with van der Waals surface area (Å²) in [6.45, 7) is 0.757. The molecule has 1 fully saturated rings. The van der Waals surface area contributed by atoms with Crippen molar-refractivity contribution in [1.29, 1.82) is 0 Å². The van der Waals surface area contributed by atoms with Crippen molar-refractivity contribution in [2.24, 2.45) is 0 Å². The van der Waals surface area contributed by atoms with E-state index in [0.717, 1.165) is 35.8 Å². The third-order valence-electron chi connectivity index (χ3n) is 4.08. The lowest BCUT2D eigenvalue weighted by atomic mass is 10.1. The van der Waals surface area contributed by atoms with Gasteiger partial charge in [-0.1, -0.05) is 17.7 Å². The van der Waals surface area contributed by atoms with E-state index < -0.39 is 0 Å². The van der Waals surface area contributed by atoms with Crippen molar-refractivity contribution in [2.75, 3.05) is 16.8 Å². The number of halogens is 3. The van der Waals surface area contributed by atoms with Crippen LogP contribution in [0.1, 0.15) is 19.3 Å². The van der Waals surface area contributed by atoms with Crippen LogP contribution in [0.25, 0.3) is 10.7 Å². The number of nitrogens with one attached hydrogen (secondary N) is 1. The third-order valence-corrected chi connectivity index (χ3v) is 5.22. The number of hydrogen-bond donors (Lipinski definition) is 1. The van der Waals surface area contributed by atoms with Crippen LogP contribution in [-0.2, 0) is 4.79 Å². The van der Waals surface area contributed by atoms with Gasteiger partial charge in [-0.15, -0.1) is 36.2 Å². The molecule has 1 aliphatic heterocycles. The molecule has 0 aromatic carbocycles. The smallest absolute Gasteiger partial charge is 0.227 e. The van der Waals surface area contributed by atoms with Gasteiger partial charge in [0.15, 0.2) is 0 Å². The van der Waals surface area contributed by atoms with E-state index in [1.165, 1.54) is 11.3 Å². The highest BCUT2D eigenvalue weighted by molar-refractivity contribution is 7.18. The number of hydrogen-bond acceptors (Lipinski definition) is 6. The Kier molecular flexibility index (Phi) is 8.00. The second-order valence-electron chi connectivity index (χ2n) is 5.91. The number of amides is 1. The van der Waals surface area contributed by atoms with Gasteiger partial charge in [0, 0.05) is 13.0 Å². The van der Waals surface area contributed by atoms with Crippen molar-refractivity contribution >= 4 is 71.0 Å². The fourth-order valence-corrected chi connectivity index (χ4v) is 3.71. The van der Waals surface area contributed by atoms with Crippen LogP contribution >= 0.6 is 47.8 Å². The summed E-state index contributed by atoms with van der Waals surface area (Å²) in [6, 6.07) is 9.41. The topological polar surface area (TPSA) is 71.0 Å². The third kappa shape index (κ3) is 5.11. The Morgan fingerprint density at radius 2 is 1.89 bits per heavy atom. The zero-order valence-corrected chi connectivity index (χ0v) is 17.9. The van der Waals surface area contributed by atoms with Crippen LogP contribution in [0.2, 0.25) is 4.34 Å². The Balaban J connectivity index is 0.00000140. The summed E-state index contributed by atoms with van der Waals surface area (Å²) >= 11 is 7.33. The molecule has 4 rings (SSSR count). The van der Waals surface area contributed by atoms with Crippen molar-refractivity contribution in [2.45, 2.75) is 19.3 Å². The van der Waals surface area contributed by atoms with Crippen molar-refractivity contribution in [3.8, 4) is 10.7 Å². The minimum absolute atomic E-state index is 0. The number of aromatic nitrogens is 3. The molecule has 10 heteroatoms. The quantitative estimate of drug-likeness (QED) is 0.570. The number of carbonyl (C=O) groups excluding carboxylic acids is 1. The summed E-state index contributed by atoms with van der Waals surface area (Å²) in [6.07, 6.45) is 5.94. The van der Waals surface area contributed by atoms with Crippen molar-refractivity contribution in [3.63, 3.8) is 0 Å². The van der Waals surface area contributed by atoms with E-state index in [0.29, 0.717) is 22.4 Å². The van der Waals surface area contributed by atoms with E-state index in [9.17, 15) is 4.79 Å². The minimum atomic E-state index is 0. The average Bonchev–Trinajstić information content (AvgIpc) is 3.10. The molecule has 6 nitrogen and oxygen atoms in total. The molecule has 1 aliphatic rings. The molecular formula is C18H18Cl3N5OS. The monoisotopic (exact) mass is 457 g/mol. The molecule has 0 saturated carbocycles. The first kappa shape index (κ1) is 22.4. The van der Waals surface area contributed by atoms with Crippen LogP contribution in [0.4, 0.5) is 17.3 Å². The number of piperidine rings is 1. The highest BCUT2D eigenvalue weighted by atomic mass is 35.5. The standard InChI is InChI=1S/C18H16ClN5OS.2ClH/c19-14-11-21-18(26-14)13-4-3-5-16(22-13)23-15-8-7-12(10-20-15)24-9-2-1-6-17(24)25;;/h3-5,7-8,10-11H,1-2,6,9H2,(H,20,22,23);2*1H. The number of anilines is 3. The predicted octanol–water partition coefficient (Wildman–Crippen LogP) is 5.36. The number of thiazole rings is 1. The molecule has 1 N–H and O–H groups in total. The van der Waals surface area contributed by atoms with Gasteiger partial charge in [0.2, 0.25) is 5.91 Å². The number of carbonyl (C=O) groups is 1. The Hall–Kier alpha value is -1.93. The number of nitrogens with zero attached hydrogens (tertiary/aromatic N) is 4. The molecule has 1 amide bonds. The fourth-order valence-electron chi connectivity index (χ4n) is 2.83. The predicted molar refractivity (Wildman–Crippen MR) is 119 cm³/mol. The van der Waals surface area contributed by atoms with Gasteiger partial charge in [0.05, 0.1) is 18.1 Å². The maximum atomic E-state index is 12.0. The summed E-state index contributed by atoms with van der Waals surface area (Å²) in [4.78, 5) is 27.0. The molecule has 3 aromatic rings. The highest BCUT2D eigenvalue weighted by Crippen LogP contribution is 2.28. The summed E-state index contributed by atoms with van der Waals surface area (Å²) in [5, 5.41) is 3.95. The molecule has 1 saturated heterocycles. The number of rotatable bonds is 4. The lowest BCUT2D eigenvalue weighted by Crippen LogP contribution is -2.35. The molecule has 4 heterocycles. The van der Waals surface area contributed by atoms with Crippen LogP contribution < -0.4 is 10.2 Å². The van der Waals surface area contributed by atoms with Crippen molar-refractivity contribution in [1.82, 2.24) is 15.0 Å². The van der Waals surface area contributed by atoms with E-state index in [4.69, 9.17) is 11.6 Å². The molecule has 0 radical (unpaired) electrons. The fraction of sp³-hybridized carbons (Fsp3) is 0.222. The van der Waals surface area contributed by atoms with E-state index in [1.807, 2.05) is 30.3 Å². The second kappa shape index (κ2) is 10.0. The second-order valence-corrected chi connectivity index (χ2v) is 7.57. The lowest BCUT2D eigenvalue weighted by molar-refractivity contribution is -0.119. The first-order valence-corrected chi connectivity index (χ1v) is 9.51. The normalized spacial score (nSPS) is 13.5. The maximum absolute atomic E-state index is 12.0. The summed E-state index contributed by atoms with van der Waals surface area (Å²) < 4.78 is 0.629. The maximum Gasteiger partial charge on any atom is 0.227 e. The van der Waals surface area contributed by atoms with Gasteiger partial charge >= 0.3 is 0 Å². The SMILES string of the molecule is Cl.Cl.O=C1CCCCN1c1ccc(Nc2cccc(-c3ncc(Cl)s3)n2)nc1. The first-order valence-electron chi connectivity index (χ1n) is 8.31. The Morgan fingerprint density at radius 3 is 2.57 bits per heavy atom. The Bertz CT molecular complexity index is 935.